The smallest absolute Gasteiger partial charge is 0.156 e. The zero-order valence-electron chi connectivity index (χ0n) is 16.7. The van der Waals surface area contributed by atoms with Crippen molar-refractivity contribution in [3.05, 3.63) is 41.3 Å². The first-order valence-electron chi connectivity index (χ1n) is 10.3. The van der Waals surface area contributed by atoms with Gasteiger partial charge in [0, 0.05) is 42.7 Å². The first-order valence-corrected chi connectivity index (χ1v) is 10.3. The summed E-state index contributed by atoms with van der Waals surface area (Å²) < 4.78 is 14.5. The van der Waals surface area contributed by atoms with Crippen LogP contribution >= 0.6 is 0 Å². The number of nitrogens with zero attached hydrogens (tertiary/aromatic N) is 3. The van der Waals surface area contributed by atoms with Gasteiger partial charge in [0.05, 0.1) is 17.4 Å². The van der Waals surface area contributed by atoms with Crippen molar-refractivity contribution >= 4 is 17.3 Å². The predicted molar refractivity (Wildman–Crippen MR) is 111 cm³/mol. The van der Waals surface area contributed by atoms with E-state index >= 15 is 0 Å². The summed E-state index contributed by atoms with van der Waals surface area (Å²) in [5.41, 5.74) is 2.72. The Hall–Kier alpha value is -2.84. The number of aromatic nitrogens is 3. The van der Waals surface area contributed by atoms with E-state index in [1.54, 1.807) is 6.07 Å². The highest BCUT2D eigenvalue weighted by molar-refractivity contribution is 5.88. The van der Waals surface area contributed by atoms with Gasteiger partial charge in [-0.1, -0.05) is 0 Å². The molecular weight excluding hydrogens is 385 g/mol. The van der Waals surface area contributed by atoms with Crippen LogP contribution in [0.2, 0.25) is 0 Å². The number of carbonyl (C=O) groups excluding carboxylic acids is 1. The zero-order valence-corrected chi connectivity index (χ0v) is 16.7. The van der Waals surface area contributed by atoms with Crippen LogP contribution in [-0.2, 0) is 4.79 Å². The molecule has 1 aliphatic carbocycles. The second kappa shape index (κ2) is 7.45. The fourth-order valence-electron chi connectivity index (χ4n) is 4.53. The Kier molecular flexibility index (Phi) is 4.75. The van der Waals surface area contributed by atoms with Crippen LogP contribution in [-0.4, -0.2) is 57.2 Å². The first-order chi connectivity index (χ1) is 14.5. The molecule has 30 heavy (non-hydrogen) atoms. The maximum atomic E-state index is 14.5. The van der Waals surface area contributed by atoms with Crippen molar-refractivity contribution in [2.75, 3.05) is 19.6 Å². The standard InChI is InChI=1S/C22H24FN5O2/c1-12-21-16(20(11-29)28-7-6-24-19(10-28)13-2-3-13)9-18(25-22(21)27-26-12)15-5-4-14(30)8-17(15)23/h4-5,8-9,11,13,19-20,24,30H,2-3,6-7,10H2,1H3,(H,25,26,27). The molecule has 5 rings (SSSR count). The molecule has 2 atom stereocenters. The molecule has 1 aromatic carbocycles. The lowest BCUT2D eigenvalue weighted by Gasteiger charge is -2.37. The third kappa shape index (κ3) is 3.36. The third-order valence-electron chi connectivity index (χ3n) is 6.24. The Morgan fingerprint density at radius 3 is 2.90 bits per heavy atom. The van der Waals surface area contributed by atoms with Crippen LogP contribution < -0.4 is 5.32 Å². The number of H-pyrrole nitrogens is 1. The molecule has 8 heteroatoms. The van der Waals surface area contributed by atoms with E-state index in [1.165, 1.54) is 25.0 Å². The first kappa shape index (κ1) is 19.1. The fraction of sp³-hybridized carbons (Fsp3) is 0.409. The number of fused-ring (bicyclic) bond motifs is 1. The topological polar surface area (TPSA) is 94.1 Å². The number of rotatable bonds is 5. The Morgan fingerprint density at radius 1 is 1.33 bits per heavy atom. The van der Waals surface area contributed by atoms with Gasteiger partial charge in [-0.25, -0.2) is 9.37 Å². The van der Waals surface area contributed by atoms with Crippen LogP contribution in [0.25, 0.3) is 22.3 Å². The monoisotopic (exact) mass is 409 g/mol. The van der Waals surface area contributed by atoms with Crippen LogP contribution in [0, 0.1) is 18.7 Å². The van der Waals surface area contributed by atoms with Crippen molar-refractivity contribution in [3.63, 3.8) is 0 Å². The number of aryl methyl sites for hydroxylation is 1. The fourth-order valence-corrected chi connectivity index (χ4v) is 4.53. The normalized spacial score (nSPS) is 21.1. The van der Waals surface area contributed by atoms with E-state index in [-0.39, 0.29) is 11.3 Å². The Bertz CT molecular complexity index is 1110. The Labute approximate surface area is 173 Å². The van der Waals surface area contributed by atoms with Crippen molar-refractivity contribution < 1.29 is 14.3 Å². The molecular formula is C22H24FN5O2. The molecule has 0 amide bonds. The van der Waals surface area contributed by atoms with Crippen molar-refractivity contribution in [2.24, 2.45) is 5.92 Å². The summed E-state index contributed by atoms with van der Waals surface area (Å²) in [5.74, 6) is -0.0230. The molecule has 156 valence electrons. The van der Waals surface area contributed by atoms with Gasteiger partial charge >= 0.3 is 0 Å². The minimum absolute atomic E-state index is 0.146. The summed E-state index contributed by atoms with van der Waals surface area (Å²) in [6.45, 7) is 4.27. The lowest BCUT2D eigenvalue weighted by molar-refractivity contribution is -0.113. The lowest BCUT2D eigenvalue weighted by Crippen LogP contribution is -2.52. The van der Waals surface area contributed by atoms with Gasteiger partial charge in [0.2, 0.25) is 0 Å². The van der Waals surface area contributed by atoms with E-state index in [0.29, 0.717) is 23.3 Å². The minimum atomic E-state index is -0.567. The minimum Gasteiger partial charge on any atom is -0.508 e. The largest absolute Gasteiger partial charge is 0.508 e. The van der Waals surface area contributed by atoms with Crippen molar-refractivity contribution in [2.45, 2.75) is 31.8 Å². The number of hydrogen-bond acceptors (Lipinski definition) is 6. The molecule has 3 N–H and O–H groups in total. The van der Waals surface area contributed by atoms with E-state index in [4.69, 9.17) is 0 Å². The number of benzene rings is 1. The molecule has 1 saturated heterocycles. The SMILES string of the molecule is Cc1n[nH]c2nc(-c3ccc(O)cc3F)cc(C(C=O)N3CCNC(C4CC4)C3)c12. The van der Waals surface area contributed by atoms with E-state index < -0.39 is 11.9 Å². The molecule has 1 saturated carbocycles. The molecule has 3 heterocycles. The van der Waals surface area contributed by atoms with Crippen molar-refractivity contribution in [1.82, 2.24) is 25.4 Å². The molecule has 0 spiro atoms. The molecule has 0 bridgehead atoms. The van der Waals surface area contributed by atoms with Gasteiger partial charge in [0.1, 0.15) is 17.9 Å². The number of halogens is 1. The van der Waals surface area contributed by atoms with Gasteiger partial charge < -0.3 is 15.2 Å². The van der Waals surface area contributed by atoms with Crippen molar-refractivity contribution in [3.8, 4) is 17.0 Å². The number of phenolic OH excluding ortho intramolecular Hbond substituents is 1. The van der Waals surface area contributed by atoms with Gasteiger partial charge in [-0.15, -0.1) is 0 Å². The van der Waals surface area contributed by atoms with Gasteiger partial charge in [0.15, 0.2) is 5.65 Å². The molecule has 2 fully saturated rings. The summed E-state index contributed by atoms with van der Waals surface area (Å²) >= 11 is 0. The number of piperazine rings is 1. The summed E-state index contributed by atoms with van der Waals surface area (Å²) in [7, 11) is 0. The predicted octanol–water partition coefficient (Wildman–Crippen LogP) is 2.70. The second-order valence-corrected chi connectivity index (χ2v) is 8.27. The number of nitrogens with one attached hydrogen (secondary N) is 2. The molecule has 3 aromatic rings. The van der Waals surface area contributed by atoms with Crippen molar-refractivity contribution in [1.29, 1.82) is 0 Å². The number of pyridine rings is 1. The zero-order chi connectivity index (χ0) is 20.8. The second-order valence-electron chi connectivity index (χ2n) is 8.27. The van der Waals surface area contributed by atoms with Crippen LogP contribution in [0.5, 0.6) is 5.75 Å². The van der Waals surface area contributed by atoms with Gasteiger partial charge in [-0.3, -0.25) is 10.00 Å². The van der Waals surface area contributed by atoms with E-state index in [2.05, 4.69) is 25.4 Å². The summed E-state index contributed by atoms with van der Waals surface area (Å²) in [4.78, 5) is 19.1. The van der Waals surface area contributed by atoms with E-state index in [9.17, 15) is 14.3 Å². The van der Waals surface area contributed by atoms with Gasteiger partial charge in [0.25, 0.3) is 0 Å². The molecule has 2 aromatic heterocycles. The molecule has 2 unspecified atom stereocenters. The Morgan fingerprint density at radius 2 is 2.17 bits per heavy atom. The highest BCUT2D eigenvalue weighted by Crippen LogP contribution is 2.37. The van der Waals surface area contributed by atoms with Crippen LogP contribution in [0.3, 0.4) is 0 Å². The van der Waals surface area contributed by atoms with Crippen LogP contribution in [0.15, 0.2) is 24.3 Å². The van der Waals surface area contributed by atoms with E-state index in [1.807, 2.05) is 6.92 Å². The maximum Gasteiger partial charge on any atom is 0.156 e. The third-order valence-corrected chi connectivity index (χ3v) is 6.24. The number of carbonyl (C=O) groups is 1. The van der Waals surface area contributed by atoms with Gasteiger partial charge in [-0.2, -0.15) is 5.10 Å². The molecule has 0 radical (unpaired) electrons. The lowest BCUT2D eigenvalue weighted by atomic mass is 9.97. The quantitative estimate of drug-likeness (QED) is 0.561. The average molecular weight is 409 g/mol. The highest BCUT2D eigenvalue weighted by Gasteiger charge is 2.36. The Balaban J connectivity index is 1.61. The number of hydrogen-bond donors (Lipinski definition) is 3. The molecule has 2 aliphatic rings. The number of phenols is 1. The van der Waals surface area contributed by atoms with E-state index in [0.717, 1.165) is 48.6 Å². The summed E-state index contributed by atoms with van der Waals surface area (Å²) in [6.07, 6.45) is 3.44. The van der Waals surface area contributed by atoms with Crippen LogP contribution in [0.1, 0.15) is 30.1 Å². The maximum absolute atomic E-state index is 14.5. The summed E-state index contributed by atoms with van der Waals surface area (Å²) in [6, 6.07) is 5.71. The van der Waals surface area contributed by atoms with Gasteiger partial charge in [-0.05, 0) is 49.4 Å². The number of aldehydes is 1. The average Bonchev–Trinajstić information content (AvgIpc) is 3.52. The number of aromatic hydroxyl groups is 1. The molecule has 7 nitrogen and oxygen atoms in total. The highest BCUT2D eigenvalue weighted by atomic mass is 19.1. The molecule has 1 aliphatic heterocycles. The number of aromatic amines is 1. The summed E-state index contributed by atoms with van der Waals surface area (Å²) in [5, 5.41) is 21.1. The van der Waals surface area contributed by atoms with Crippen LogP contribution in [0.4, 0.5) is 4.39 Å².